The molecule has 0 radical (unpaired) electrons. The zero-order valence-electron chi connectivity index (χ0n) is 8.88. The maximum Gasteiger partial charge on any atom is 0.391 e. The number of aryl methyl sites for hydroxylation is 1. The largest absolute Gasteiger partial charge is 0.391 e. The molecule has 7 heteroatoms. The molecule has 0 saturated carbocycles. The Kier molecular flexibility index (Phi) is 3.56. The zero-order chi connectivity index (χ0) is 12.3. The summed E-state index contributed by atoms with van der Waals surface area (Å²) in [5.41, 5.74) is -0.448. The van der Waals surface area contributed by atoms with Crippen molar-refractivity contribution in [2.24, 2.45) is 7.05 Å². The molecule has 1 atom stereocenters. The van der Waals surface area contributed by atoms with E-state index in [0.717, 1.165) is 0 Å². The first kappa shape index (κ1) is 12.5. The number of hydrogen-bond donors (Lipinski definition) is 1. The molecule has 0 aliphatic heterocycles. The number of nitrogens with zero attached hydrogens (tertiary/aromatic N) is 2. The summed E-state index contributed by atoms with van der Waals surface area (Å²) in [5, 5.41) is 2.44. The number of alkyl halides is 3. The van der Waals surface area contributed by atoms with Crippen molar-refractivity contribution in [3.05, 3.63) is 22.7 Å². The summed E-state index contributed by atoms with van der Waals surface area (Å²) < 4.78 is 37.4. The molecule has 0 fully saturated rings. The van der Waals surface area contributed by atoms with Crippen molar-refractivity contribution in [2.45, 2.75) is 25.6 Å². The summed E-state index contributed by atoms with van der Waals surface area (Å²) in [6.45, 7) is 1.35. The van der Waals surface area contributed by atoms with Gasteiger partial charge in [-0.25, -0.2) is 4.98 Å². The van der Waals surface area contributed by atoms with Gasteiger partial charge in [0.15, 0.2) is 5.82 Å². The van der Waals surface area contributed by atoms with Crippen LogP contribution >= 0.6 is 0 Å². The highest BCUT2D eigenvalue weighted by Crippen LogP contribution is 2.22. The van der Waals surface area contributed by atoms with Crippen molar-refractivity contribution >= 4 is 5.82 Å². The summed E-state index contributed by atoms with van der Waals surface area (Å²) in [6.07, 6.45) is -2.48. The molecule has 0 aliphatic rings. The molecule has 1 aromatic rings. The maximum absolute atomic E-state index is 12.0. The lowest BCUT2D eigenvalue weighted by Crippen LogP contribution is -2.29. The van der Waals surface area contributed by atoms with Crippen LogP contribution in [0.1, 0.15) is 13.3 Å². The Labute approximate surface area is 90.1 Å². The van der Waals surface area contributed by atoms with Gasteiger partial charge in [-0.15, -0.1) is 0 Å². The third-order valence-corrected chi connectivity index (χ3v) is 1.94. The van der Waals surface area contributed by atoms with E-state index >= 15 is 0 Å². The number of aromatic nitrogens is 2. The molecule has 0 spiro atoms. The third-order valence-electron chi connectivity index (χ3n) is 1.94. The van der Waals surface area contributed by atoms with E-state index in [2.05, 4.69) is 10.3 Å². The van der Waals surface area contributed by atoms with Gasteiger partial charge in [-0.3, -0.25) is 4.79 Å². The van der Waals surface area contributed by atoms with E-state index in [4.69, 9.17) is 0 Å². The Hall–Kier alpha value is -1.53. The lowest BCUT2D eigenvalue weighted by atomic mass is 10.2. The van der Waals surface area contributed by atoms with Crippen molar-refractivity contribution in [2.75, 3.05) is 5.32 Å². The molecule has 0 aromatic carbocycles. The molecule has 1 heterocycles. The summed E-state index contributed by atoms with van der Waals surface area (Å²) in [6, 6.07) is -0.886. The molecule has 0 aliphatic carbocycles. The average molecular weight is 235 g/mol. The van der Waals surface area contributed by atoms with Crippen LogP contribution in [0.5, 0.6) is 0 Å². The topological polar surface area (TPSA) is 46.9 Å². The first-order valence-electron chi connectivity index (χ1n) is 4.64. The molecular weight excluding hydrogens is 223 g/mol. The molecule has 0 amide bonds. The average Bonchev–Trinajstić information content (AvgIpc) is 2.09. The maximum atomic E-state index is 12.0. The third kappa shape index (κ3) is 3.56. The second-order valence-corrected chi connectivity index (χ2v) is 3.56. The Morgan fingerprint density at radius 3 is 2.75 bits per heavy atom. The van der Waals surface area contributed by atoms with E-state index in [-0.39, 0.29) is 5.82 Å². The highest BCUT2D eigenvalue weighted by atomic mass is 19.4. The minimum Gasteiger partial charge on any atom is -0.363 e. The van der Waals surface area contributed by atoms with Crippen LogP contribution in [0.25, 0.3) is 0 Å². The fourth-order valence-corrected chi connectivity index (χ4v) is 1.23. The van der Waals surface area contributed by atoms with Gasteiger partial charge in [0.1, 0.15) is 0 Å². The number of hydrogen-bond acceptors (Lipinski definition) is 3. The van der Waals surface area contributed by atoms with Gasteiger partial charge in [0, 0.05) is 25.5 Å². The van der Waals surface area contributed by atoms with Crippen molar-refractivity contribution in [1.82, 2.24) is 9.55 Å². The molecule has 4 nitrogen and oxygen atoms in total. The SMILES string of the molecule is CC(CC(F)(F)F)Nc1nccn(C)c1=O. The molecule has 1 unspecified atom stereocenters. The van der Waals surface area contributed by atoms with Crippen LogP contribution in [0, 0.1) is 0 Å². The monoisotopic (exact) mass is 235 g/mol. The second kappa shape index (κ2) is 4.54. The van der Waals surface area contributed by atoms with E-state index in [1.54, 1.807) is 0 Å². The first-order valence-corrected chi connectivity index (χ1v) is 4.64. The normalized spacial score (nSPS) is 13.6. The fraction of sp³-hybridized carbons (Fsp3) is 0.556. The molecule has 1 rings (SSSR count). The predicted molar refractivity (Wildman–Crippen MR) is 53.2 cm³/mol. The van der Waals surface area contributed by atoms with Crippen molar-refractivity contribution in [3.8, 4) is 0 Å². The van der Waals surface area contributed by atoms with Gasteiger partial charge in [-0.05, 0) is 6.92 Å². The molecule has 1 aromatic heterocycles. The number of halogens is 3. The van der Waals surface area contributed by atoms with E-state index in [1.165, 1.54) is 30.9 Å². The van der Waals surface area contributed by atoms with E-state index in [9.17, 15) is 18.0 Å². The summed E-state index contributed by atoms with van der Waals surface area (Å²) in [7, 11) is 1.50. The van der Waals surface area contributed by atoms with Gasteiger partial charge < -0.3 is 9.88 Å². The predicted octanol–water partition coefficient (Wildman–Crippen LogP) is 1.53. The van der Waals surface area contributed by atoms with Crippen LogP contribution in [0.4, 0.5) is 19.0 Å². The minimum atomic E-state index is -4.26. The summed E-state index contributed by atoms with van der Waals surface area (Å²) in [4.78, 5) is 15.1. The van der Waals surface area contributed by atoms with Gasteiger partial charge in [-0.1, -0.05) is 0 Å². The molecule has 16 heavy (non-hydrogen) atoms. The van der Waals surface area contributed by atoms with Gasteiger partial charge in [-0.2, -0.15) is 13.2 Å². The van der Waals surface area contributed by atoms with Crippen LogP contribution in [-0.4, -0.2) is 21.8 Å². The van der Waals surface area contributed by atoms with Gasteiger partial charge in [0.25, 0.3) is 5.56 Å². The van der Waals surface area contributed by atoms with Gasteiger partial charge in [0.2, 0.25) is 0 Å². The molecule has 90 valence electrons. The van der Waals surface area contributed by atoms with Crippen LogP contribution in [0.2, 0.25) is 0 Å². The van der Waals surface area contributed by atoms with E-state index in [1.807, 2.05) is 0 Å². The smallest absolute Gasteiger partial charge is 0.363 e. The molecule has 0 saturated heterocycles. The van der Waals surface area contributed by atoms with Crippen LogP contribution in [0.15, 0.2) is 17.2 Å². The number of anilines is 1. The number of rotatable bonds is 3. The molecular formula is C9H12F3N3O. The van der Waals surface area contributed by atoms with Crippen molar-refractivity contribution < 1.29 is 13.2 Å². The summed E-state index contributed by atoms with van der Waals surface area (Å²) >= 11 is 0. The Morgan fingerprint density at radius 1 is 1.56 bits per heavy atom. The van der Waals surface area contributed by atoms with E-state index < -0.39 is 24.2 Å². The van der Waals surface area contributed by atoms with Gasteiger partial charge >= 0.3 is 6.18 Å². The first-order chi connectivity index (χ1) is 7.29. The fourth-order valence-electron chi connectivity index (χ4n) is 1.23. The van der Waals surface area contributed by atoms with Gasteiger partial charge in [0.05, 0.1) is 6.42 Å². The van der Waals surface area contributed by atoms with Crippen molar-refractivity contribution in [3.63, 3.8) is 0 Å². The lowest BCUT2D eigenvalue weighted by Gasteiger charge is -2.15. The quantitative estimate of drug-likeness (QED) is 0.864. The van der Waals surface area contributed by atoms with Crippen LogP contribution < -0.4 is 10.9 Å². The number of nitrogens with one attached hydrogen (secondary N) is 1. The molecule has 1 N–H and O–H groups in total. The highest BCUT2D eigenvalue weighted by Gasteiger charge is 2.30. The standard InChI is InChI=1S/C9H12F3N3O/c1-6(5-9(10,11)12)14-7-8(16)15(2)4-3-13-7/h3-4,6H,5H2,1-2H3,(H,13,14). The minimum absolute atomic E-state index is 0.0678. The summed E-state index contributed by atoms with van der Waals surface area (Å²) in [5.74, 6) is -0.0678. The highest BCUT2D eigenvalue weighted by molar-refractivity contribution is 5.31. The lowest BCUT2D eigenvalue weighted by molar-refractivity contribution is -0.136. The second-order valence-electron chi connectivity index (χ2n) is 3.56. The molecule has 0 bridgehead atoms. The van der Waals surface area contributed by atoms with Crippen molar-refractivity contribution in [1.29, 1.82) is 0 Å². The van der Waals surface area contributed by atoms with Crippen LogP contribution in [0.3, 0.4) is 0 Å². The zero-order valence-corrected chi connectivity index (χ0v) is 8.88. The van der Waals surface area contributed by atoms with Crippen LogP contribution in [-0.2, 0) is 7.05 Å². The Balaban J connectivity index is 2.74. The van der Waals surface area contributed by atoms with E-state index in [0.29, 0.717) is 0 Å². The Morgan fingerprint density at radius 2 is 2.19 bits per heavy atom. The Bertz CT molecular complexity index is 413.